The summed E-state index contributed by atoms with van der Waals surface area (Å²) in [5.41, 5.74) is 0.771. The van der Waals surface area contributed by atoms with Crippen molar-refractivity contribution in [3.8, 4) is 0 Å². The molecule has 2 N–H and O–H groups in total. The lowest BCUT2D eigenvalue weighted by atomic mass is 9.88. The van der Waals surface area contributed by atoms with Gasteiger partial charge in [0.05, 0.1) is 17.3 Å². The number of benzene rings is 1. The average molecular weight is 326 g/mol. The van der Waals surface area contributed by atoms with Crippen molar-refractivity contribution in [3.05, 3.63) is 28.8 Å². The number of anilines is 1. The lowest BCUT2D eigenvalue weighted by Crippen LogP contribution is -2.27. The maximum absolute atomic E-state index is 11.8. The first kappa shape index (κ1) is 17.1. The number of amides is 1. The van der Waals surface area contributed by atoms with E-state index in [0.29, 0.717) is 10.7 Å². The second kappa shape index (κ2) is 5.43. The van der Waals surface area contributed by atoms with Crippen molar-refractivity contribution >= 4 is 23.4 Å². The number of nitrogens with one attached hydrogen (secondary N) is 1. The summed E-state index contributed by atoms with van der Waals surface area (Å²) < 4.78 is 5.21. The molecule has 0 spiro atoms. The molecule has 1 aromatic carbocycles. The molecule has 122 valence electrons. The zero-order valence-corrected chi connectivity index (χ0v) is 14.5. The molecular weight excluding hydrogens is 302 g/mol. The normalized spacial score (nSPS) is 23.0. The van der Waals surface area contributed by atoms with Crippen molar-refractivity contribution < 1.29 is 14.6 Å². The summed E-state index contributed by atoms with van der Waals surface area (Å²) in [4.78, 5) is 11.8. The van der Waals surface area contributed by atoms with E-state index in [0.717, 1.165) is 12.0 Å². The summed E-state index contributed by atoms with van der Waals surface area (Å²) in [6, 6.07) is 5.48. The molecule has 0 aliphatic heterocycles. The van der Waals surface area contributed by atoms with Gasteiger partial charge in [-0.05, 0) is 50.3 Å². The molecule has 1 aliphatic carbocycles. The Hall–Kier alpha value is -1.26. The summed E-state index contributed by atoms with van der Waals surface area (Å²) in [5.74, 6) is 0. The van der Waals surface area contributed by atoms with Crippen LogP contribution in [-0.4, -0.2) is 23.4 Å². The number of halogens is 1. The van der Waals surface area contributed by atoms with Gasteiger partial charge >= 0.3 is 6.09 Å². The van der Waals surface area contributed by atoms with Crippen LogP contribution in [0.5, 0.6) is 0 Å². The highest BCUT2D eigenvalue weighted by Crippen LogP contribution is 2.64. The third-order valence-electron chi connectivity index (χ3n) is 4.34. The van der Waals surface area contributed by atoms with Crippen LogP contribution >= 0.6 is 11.6 Å². The average Bonchev–Trinajstić information content (AvgIpc) is 2.93. The van der Waals surface area contributed by atoms with Gasteiger partial charge in [-0.2, -0.15) is 0 Å². The predicted molar refractivity (Wildman–Crippen MR) is 88.5 cm³/mol. The lowest BCUT2D eigenvalue weighted by Gasteiger charge is -2.21. The molecule has 0 bridgehead atoms. The van der Waals surface area contributed by atoms with E-state index < -0.39 is 11.7 Å². The smallest absolute Gasteiger partial charge is 0.412 e. The minimum Gasteiger partial charge on any atom is -0.444 e. The van der Waals surface area contributed by atoms with Gasteiger partial charge in [-0.15, -0.1) is 0 Å². The lowest BCUT2D eigenvalue weighted by molar-refractivity contribution is 0.0636. The van der Waals surface area contributed by atoms with Crippen molar-refractivity contribution in [1.82, 2.24) is 0 Å². The Morgan fingerprint density at radius 3 is 2.41 bits per heavy atom. The molecule has 0 heterocycles. The predicted octanol–water partition coefficient (Wildman–Crippen LogP) is 4.35. The van der Waals surface area contributed by atoms with Crippen LogP contribution in [0.15, 0.2) is 18.2 Å². The third kappa shape index (κ3) is 3.23. The molecule has 2 rings (SSSR count). The van der Waals surface area contributed by atoms with E-state index in [9.17, 15) is 9.90 Å². The number of ether oxygens (including phenoxy) is 1. The number of hydrogen-bond acceptors (Lipinski definition) is 3. The van der Waals surface area contributed by atoms with Gasteiger partial charge in [0.1, 0.15) is 5.60 Å². The molecular formula is C17H24ClNO3. The molecule has 1 atom stereocenters. The van der Waals surface area contributed by atoms with E-state index >= 15 is 0 Å². The summed E-state index contributed by atoms with van der Waals surface area (Å²) >= 11 is 6.28. The first-order valence-corrected chi connectivity index (χ1v) is 7.79. The first-order chi connectivity index (χ1) is 10.0. The van der Waals surface area contributed by atoms with Gasteiger partial charge in [-0.1, -0.05) is 31.5 Å². The molecule has 1 saturated carbocycles. The largest absolute Gasteiger partial charge is 0.444 e. The summed E-state index contributed by atoms with van der Waals surface area (Å²) in [6.07, 6.45) is 0.386. The Bertz CT molecular complexity index is 592. The zero-order valence-electron chi connectivity index (χ0n) is 13.8. The first-order valence-electron chi connectivity index (χ1n) is 7.42. The molecule has 1 fully saturated rings. The molecule has 0 saturated heterocycles. The van der Waals surface area contributed by atoms with Gasteiger partial charge in [0.15, 0.2) is 0 Å². The van der Waals surface area contributed by atoms with Crippen molar-refractivity contribution in [1.29, 1.82) is 0 Å². The molecule has 1 unspecified atom stereocenters. The van der Waals surface area contributed by atoms with E-state index in [2.05, 4.69) is 19.2 Å². The Labute approximate surface area is 136 Å². The number of carbonyl (C=O) groups is 1. The quantitative estimate of drug-likeness (QED) is 0.868. The number of rotatable bonds is 3. The molecule has 1 aliphatic rings. The van der Waals surface area contributed by atoms with Crippen molar-refractivity contribution in [2.24, 2.45) is 5.41 Å². The van der Waals surface area contributed by atoms with Gasteiger partial charge in [-0.3, -0.25) is 5.32 Å². The molecule has 0 radical (unpaired) electrons. The third-order valence-corrected chi connectivity index (χ3v) is 4.65. The van der Waals surface area contributed by atoms with Gasteiger partial charge in [0.2, 0.25) is 0 Å². The van der Waals surface area contributed by atoms with Crippen molar-refractivity contribution in [3.63, 3.8) is 0 Å². The molecule has 1 aromatic rings. The van der Waals surface area contributed by atoms with Crippen LogP contribution in [-0.2, 0) is 10.2 Å². The summed E-state index contributed by atoms with van der Waals surface area (Å²) in [6.45, 7) is 9.76. The van der Waals surface area contributed by atoms with Crippen LogP contribution in [0.4, 0.5) is 10.5 Å². The fraction of sp³-hybridized carbons (Fsp3) is 0.588. The van der Waals surface area contributed by atoms with E-state index in [1.54, 1.807) is 26.8 Å². The van der Waals surface area contributed by atoms with Crippen LogP contribution in [0.1, 0.15) is 46.6 Å². The van der Waals surface area contributed by atoms with Crippen molar-refractivity contribution in [2.45, 2.75) is 52.1 Å². The number of aliphatic hydroxyl groups excluding tert-OH is 1. The fourth-order valence-corrected chi connectivity index (χ4v) is 3.12. The van der Waals surface area contributed by atoms with E-state index in [1.807, 2.05) is 12.1 Å². The molecule has 5 heteroatoms. The Morgan fingerprint density at radius 2 is 2.00 bits per heavy atom. The van der Waals surface area contributed by atoms with E-state index in [1.165, 1.54) is 0 Å². The van der Waals surface area contributed by atoms with Gasteiger partial charge in [0.25, 0.3) is 0 Å². The Kier molecular flexibility index (Phi) is 4.22. The second-order valence-corrected chi connectivity index (χ2v) is 8.03. The van der Waals surface area contributed by atoms with Gasteiger partial charge in [0, 0.05) is 5.41 Å². The minimum atomic E-state index is -0.560. The minimum absolute atomic E-state index is 0.0607. The topological polar surface area (TPSA) is 58.6 Å². The summed E-state index contributed by atoms with van der Waals surface area (Å²) in [5, 5.41) is 12.8. The van der Waals surface area contributed by atoms with Gasteiger partial charge in [-0.25, -0.2) is 4.79 Å². The monoisotopic (exact) mass is 325 g/mol. The molecule has 4 nitrogen and oxygen atoms in total. The second-order valence-electron chi connectivity index (χ2n) is 7.62. The standard InChI is InChI=1S/C17H24ClNO3/c1-15(2,3)22-14(21)19-13-7-6-11(8-12(13)18)17(10-20)9-16(17,4)5/h6-8,20H,9-10H2,1-5H3,(H,19,21). The van der Waals surface area contributed by atoms with Crippen LogP contribution < -0.4 is 5.32 Å². The van der Waals surface area contributed by atoms with E-state index in [-0.39, 0.29) is 17.4 Å². The van der Waals surface area contributed by atoms with Crippen LogP contribution in [0.2, 0.25) is 5.02 Å². The highest BCUT2D eigenvalue weighted by molar-refractivity contribution is 6.33. The SMILES string of the molecule is CC(C)(C)OC(=O)Nc1ccc(C2(CO)CC2(C)C)cc1Cl. The van der Waals surface area contributed by atoms with Crippen LogP contribution in [0.25, 0.3) is 0 Å². The van der Waals surface area contributed by atoms with Gasteiger partial charge < -0.3 is 9.84 Å². The van der Waals surface area contributed by atoms with Crippen molar-refractivity contribution in [2.75, 3.05) is 11.9 Å². The number of carbonyl (C=O) groups excluding carboxylic acids is 1. The number of hydrogen-bond donors (Lipinski definition) is 2. The van der Waals surface area contributed by atoms with E-state index in [4.69, 9.17) is 16.3 Å². The van der Waals surface area contributed by atoms with Crippen LogP contribution in [0.3, 0.4) is 0 Å². The maximum atomic E-state index is 11.8. The maximum Gasteiger partial charge on any atom is 0.412 e. The summed E-state index contributed by atoms with van der Waals surface area (Å²) in [7, 11) is 0. The fourth-order valence-electron chi connectivity index (χ4n) is 2.89. The Balaban J connectivity index is 2.16. The van der Waals surface area contributed by atoms with Crippen LogP contribution in [0, 0.1) is 5.41 Å². The zero-order chi connectivity index (χ0) is 16.8. The highest BCUT2D eigenvalue weighted by Gasteiger charge is 2.61. The Morgan fingerprint density at radius 1 is 1.41 bits per heavy atom. The highest BCUT2D eigenvalue weighted by atomic mass is 35.5. The molecule has 22 heavy (non-hydrogen) atoms. The molecule has 0 aromatic heterocycles. The number of aliphatic hydroxyl groups is 1. The molecule has 1 amide bonds.